The summed E-state index contributed by atoms with van der Waals surface area (Å²) < 4.78 is 6.47. The fourth-order valence-electron chi connectivity index (χ4n) is 0.163. The van der Waals surface area contributed by atoms with Crippen LogP contribution in [-0.4, -0.2) is 104 Å². The maximum absolute atomic E-state index is 9.86. The van der Waals surface area contributed by atoms with Gasteiger partial charge in [-0.1, -0.05) is 0 Å². The molecule has 0 spiro atoms. The molecular weight excluding hydrogens is 242 g/mol. The van der Waals surface area contributed by atoms with Gasteiger partial charge in [0, 0.05) is 0 Å². The molecule has 0 saturated heterocycles. The standard InChI is InChI=1S/C3H2O7.2Ca.2Li.6H/c4-1(5)9-3(8)10-2(6)7;;;;;;;;;;/h(H,4,5)(H,6,7);;;;;;;;;;/q;2*+2;2*+1;6*-1. The van der Waals surface area contributed by atoms with E-state index >= 15 is 0 Å². The Labute approximate surface area is 172 Å². The van der Waals surface area contributed by atoms with E-state index in [-0.39, 0.29) is 122 Å². The van der Waals surface area contributed by atoms with Crippen LogP contribution in [0.25, 0.3) is 0 Å². The molecule has 68 valence electrons. The van der Waals surface area contributed by atoms with Gasteiger partial charge in [0.05, 0.1) is 0 Å². The zero-order valence-corrected chi connectivity index (χ0v) is 12.3. The van der Waals surface area contributed by atoms with Crippen molar-refractivity contribution in [1.82, 2.24) is 0 Å². The summed E-state index contributed by atoms with van der Waals surface area (Å²) >= 11 is 0. The molecule has 0 aromatic carbocycles. The Bertz CT molecular complexity index is 185. The summed E-state index contributed by atoms with van der Waals surface area (Å²) in [6, 6.07) is 0. The topological polar surface area (TPSA) is 110 Å². The summed E-state index contributed by atoms with van der Waals surface area (Å²) in [5.74, 6) is 0. The van der Waals surface area contributed by atoms with Gasteiger partial charge in [0.1, 0.15) is 0 Å². The molecule has 0 aliphatic heterocycles. The van der Waals surface area contributed by atoms with E-state index in [4.69, 9.17) is 10.2 Å². The van der Waals surface area contributed by atoms with Crippen LogP contribution in [0.5, 0.6) is 0 Å². The third kappa shape index (κ3) is 23.6. The molecule has 0 unspecified atom stereocenters. The van der Waals surface area contributed by atoms with Crippen LogP contribution in [-0.2, 0) is 9.47 Å². The third-order valence-corrected chi connectivity index (χ3v) is 0.341. The van der Waals surface area contributed by atoms with E-state index in [9.17, 15) is 14.4 Å². The quantitative estimate of drug-likeness (QED) is 0.250. The van der Waals surface area contributed by atoms with Crippen molar-refractivity contribution in [3.05, 3.63) is 0 Å². The minimum atomic E-state index is -1.92. The molecule has 0 aliphatic carbocycles. The minimum absolute atomic E-state index is 0. The van der Waals surface area contributed by atoms with E-state index in [0.29, 0.717) is 0 Å². The first-order valence-corrected chi connectivity index (χ1v) is 1.88. The van der Waals surface area contributed by atoms with E-state index in [1.165, 1.54) is 0 Å². The molecule has 14 heavy (non-hydrogen) atoms. The zero-order valence-electron chi connectivity index (χ0n) is 13.8. The van der Waals surface area contributed by atoms with Gasteiger partial charge in [0.25, 0.3) is 0 Å². The second-order valence-corrected chi connectivity index (χ2v) is 0.986. The van der Waals surface area contributed by atoms with Crippen LogP contribution in [0.15, 0.2) is 0 Å². The molecule has 0 aliphatic rings. The molecule has 0 rings (SSSR count). The fraction of sp³-hybridized carbons (Fsp3) is 0. The summed E-state index contributed by atoms with van der Waals surface area (Å²) in [5, 5.41) is 15.4. The molecule has 11 heteroatoms. The average molecular weight is 250 g/mol. The predicted octanol–water partition coefficient (Wildman–Crippen LogP) is -5.58. The van der Waals surface area contributed by atoms with Crippen LogP contribution >= 0.6 is 0 Å². The molecule has 2 N–H and O–H groups in total. The van der Waals surface area contributed by atoms with Crippen molar-refractivity contribution in [2.24, 2.45) is 0 Å². The fourth-order valence-corrected chi connectivity index (χ4v) is 0.163. The molecular formula is C3H8Ca2Li2O7. The largest absolute Gasteiger partial charge is 2.00 e. The Hall–Kier alpha value is 1.92. The van der Waals surface area contributed by atoms with Crippen molar-refractivity contribution in [1.29, 1.82) is 0 Å². The van der Waals surface area contributed by atoms with Gasteiger partial charge in [-0.15, -0.1) is 0 Å². The Morgan fingerprint density at radius 3 is 1.21 bits per heavy atom. The maximum Gasteiger partial charge on any atom is 2.00 e. The van der Waals surface area contributed by atoms with E-state index in [2.05, 4.69) is 9.47 Å². The van der Waals surface area contributed by atoms with Gasteiger partial charge in [-0.05, 0) is 0 Å². The SMILES string of the molecule is O=C(O)OC(=O)OC(=O)O.[Ca+2].[Ca+2].[H-].[H-].[H-].[H-].[H-].[H-].[Li+].[Li+]. The molecule has 0 bridgehead atoms. The van der Waals surface area contributed by atoms with Crippen molar-refractivity contribution in [2.45, 2.75) is 0 Å². The Morgan fingerprint density at radius 2 is 1.07 bits per heavy atom. The molecule has 0 atom stereocenters. The van der Waals surface area contributed by atoms with E-state index in [0.717, 1.165) is 0 Å². The van der Waals surface area contributed by atoms with Gasteiger partial charge < -0.3 is 28.2 Å². The maximum atomic E-state index is 9.86. The summed E-state index contributed by atoms with van der Waals surface area (Å²) in [6.07, 6.45) is -5.64. The van der Waals surface area contributed by atoms with Crippen molar-refractivity contribution < 1.29 is 80.4 Å². The molecule has 7 nitrogen and oxygen atoms in total. The normalized spacial score (nSPS) is 5.71. The summed E-state index contributed by atoms with van der Waals surface area (Å²) in [6.45, 7) is 0. The Morgan fingerprint density at radius 1 is 0.857 bits per heavy atom. The van der Waals surface area contributed by atoms with Gasteiger partial charge in [0.2, 0.25) is 0 Å². The number of ether oxygens (including phenoxy) is 2. The summed E-state index contributed by atoms with van der Waals surface area (Å²) in [5.41, 5.74) is 0. The average Bonchev–Trinajstić information content (AvgIpc) is 1.58. The van der Waals surface area contributed by atoms with Crippen LogP contribution in [0.4, 0.5) is 14.4 Å². The number of hydrogen-bond donors (Lipinski definition) is 2. The van der Waals surface area contributed by atoms with Gasteiger partial charge in [-0.25, -0.2) is 14.4 Å². The first-order valence-electron chi connectivity index (χ1n) is 1.88. The number of carbonyl (C=O) groups is 3. The second-order valence-electron chi connectivity index (χ2n) is 0.986. The van der Waals surface area contributed by atoms with Crippen molar-refractivity contribution in [3.8, 4) is 0 Å². The van der Waals surface area contributed by atoms with Gasteiger partial charge >= 0.3 is 132 Å². The number of carboxylic acid groups (broad SMARTS) is 2. The van der Waals surface area contributed by atoms with Crippen LogP contribution in [0.3, 0.4) is 0 Å². The number of rotatable bonds is 0. The van der Waals surface area contributed by atoms with Gasteiger partial charge in [0.15, 0.2) is 0 Å². The smallest absolute Gasteiger partial charge is 1.00 e. The van der Waals surface area contributed by atoms with Gasteiger partial charge in [-0.2, -0.15) is 0 Å². The van der Waals surface area contributed by atoms with Crippen LogP contribution in [0, 0.1) is 0 Å². The Kier molecular flexibility index (Phi) is 36.8. The van der Waals surface area contributed by atoms with E-state index in [1.54, 1.807) is 0 Å². The molecule has 0 saturated carbocycles. The third-order valence-electron chi connectivity index (χ3n) is 0.341. The van der Waals surface area contributed by atoms with E-state index in [1.807, 2.05) is 0 Å². The molecule has 0 aromatic heterocycles. The molecule has 0 aromatic rings. The molecule has 0 radical (unpaired) electrons. The zero-order chi connectivity index (χ0) is 8.15. The van der Waals surface area contributed by atoms with Crippen molar-refractivity contribution >= 4 is 93.9 Å². The first kappa shape index (κ1) is 29.7. The first-order chi connectivity index (χ1) is 4.52. The predicted molar refractivity (Wildman–Crippen MR) is 41.8 cm³/mol. The number of hydrogen-bond acceptors (Lipinski definition) is 5. The minimum Gasteiger partial charge on any atom is -1.00 e. The summed E-state index contributed by atoms with van der Waals surface area (Å²) in [4.78, 5) is 28.8. The van der Waals surface area contributed by atoms with Crippen molar-refractivity contribution in [2.75, 3.05) is 0 Å². The molecule has 0 fully saturated rings. The second kappa shape index (κ2) is 17.3. The van der Waals surface area contributed by atoms with Crippen LogP contribution < -0.4 is 37.7 Å². The van der Waals surface area contributed by atoms with E-state index < -0.39 is 18.5 Å². The Balaban J connectivity index is -0.00000000900. The number of carbonyl (C=O) groups excluding carboxylic acids is 1. The van der Waals surface area contributed by atoms with Crippen LogP contribution in [0.1, 0.15) is 8.56 Å². The molecule has 0 heterocycles. The van der Waals surface area contributed by atoms with Crippen molar-refractivity contribution in [3.63, 3.8) is 0 Å². The van der Waals surface area contributed by atoms with Crippen LogP contribution in [0.2, 0.25) is 0 Å². The summed E-state index contributed by atoms with van der Waals surface area (Å²) in [7, 11) is 0. The molecule has 0 amide bonds. The monoisotopic (exact) mass is 250 g/mol. The van der Waals surface area contributed by atoms with Gasteiger partial charge in [-0.3, -0.25) is 0 Å².